The van der Waals surface area contributed by atoms with Crippen LogP contribution in [-0.2, 0) is 7.05 Å². The van der Waals surface area contributed by atoms with E-state index in [1.807, 2.05) is 37.6 Å². The summed E-state index contributed by atoms with van der Waals surface area (Å²) in [6.45, 7) is 1.88. The molecule has 3 aromatic heterocycles. The van der Waals surface area contributed by atoms with Crippen molar-refractivity contribution in [2.75, 3.05) is 0 Å². The van der Waals surface area contributed by atoms with E-state index in [0.29, 0.717) is 5.56 Å². The lowest BCUT2D eigenvalue weighted by atomic mass is 10.00. The summed E-state index contributed by atoms with van der Waals surface area (Å²) in [5.41, 5.74) is 5.80. The molecule has 3 nitrogen and oxygen atoms in total. The van der Waals surface area contributed by atoms with Gasteiger partial charge in [0, 0.05) is 38.4 Å². The van der Waals surface area contributed by atoms with Gasteiger partial charge in [-0.15, -0.1) is 0 Å². The van der Waals surface area contributed by atoms with Crippen molar-refractivity contribution in [3.05, 3.63) is 59.5 Å². The predicted octanol–water partition coefficient (Wildman–Crippen LogP) is 4.40. The zero-order valence-corrected chi connectivity index (χ0v) is 13.3. The van der Waals surface area contributed by atoms with Crippen molar-refractivity contribution in [3.63, 3.8) is 0 Å². The van der Waals surface area contributed by atoms with E-state index in [1.165, 1.54) is 0 Å². The molecule has 0 aliphatic carbocycles. The van der Waals surface area contributed by atoms with Gasteiger partial charge in [-0.05, 0) is 38.4 Å². The Kier molecular flexibility index (Phi) is 2.34. The Morgan fingerprint density at radius 3 is 2.78 bits per heavy atom. The molecule has 0 aliphatic rings. The maximum absolute atomic E-state index is 7.61. The number of nitrogens with zero attached hydrogens (tertiary/aromatic N) is 2. The molecule has 0 atom stereocenters. The van der Waals surface area contributed by atoms with Crippen LogP contribution < -0.4 is 4.57 Å². The molecular weight excluding hydrogens is 284 g/mol. The SMILES string of the molecule is [2H]C([2H])([2H])c1ccc(-c2c(C)ccc3c2oc2ccnc(C)c23)[n+](C)c1. The first-order valence-corrected chi connectivity index (χ1v) is 7.55. The summed E-state index contributed by atoms with van der Waals surface area (Å²) < 4.78 is 30.9. The van der Waals surface area contributed by atoms with Gasteiger partial charge in [0.15, 0.2) is 6.20 Å². The van der Waals surface area contributed by atoms with Crippen LogP contribution in [0.1, 0.15) is 20.9 Å². The lowest BCUT2D eigenvalue weighted by Gasteiger charge is -2.06. The van der Waals surface area contributed by atoms with E-state index < -0.39 is 6.85 Å². The van der Waals surface area contributed by atoms with Crippen LogP contribution in [0.4, 0.5) is 0 Å². The fourth-order valence-corrected chi connectivity index (χ4v) is 3.24. The summed E-state index contributed by atoms with van der Waals surface area (Å²) in [5, 5.41) is 2.04. The molecule has 4 rings (SSSR count). The standard InChI is InChI=1S/C20H19N2O/c1-12-5-8-16(22(4)11-12)18-13(2)6-7-15-19-14(3)21-10-9-17(19)23-20(15)18/h5-11H,1-4H3/q+1/i1D3. The number of rotatable bonds is 1. The molecule has 0 radical (unpaired) electrons. The minimum atomic E-state index is -2.13. The number of hydrogen-bond acceptors (Lipinski definition) is 2. The molecule has 0 saturated heterocycles. The Hall–Kier alpha value is -2.68. The van der Waals surface area contributed by atoms with E-state index in [4.69, 9.17) is 8.53 Å². The molecule has 4 aromatic rings. The Bertz CT molecular complexity index is 1160. The molecule has 0 N–H and O–H groups in total. The molecule has 0 amide bonds. The highest BCUT2D eigenvalue weighted by molar-refractivity contribution is 6.10. The average Bonchev–Trinajstić information content (AvgIpc) is 2.94. The average molecular weight is 306 g/mol. The van der Waals surface area contributed by atoms with Crippen molar-refractivity contribution in [1.29, 1.82) is 0 Å². The lowest BCUT2D eigenvalue weighted by molar-refractivity contribution is -0.660. The number of aryl methyl sites for hydroxylation is 4. The second kappa shape index (κ2) is 4.92. The molecule has 0 fully saturated rings. The molecule has 23 heavy (non-hydrogen) atoms. The molecule has 1 aromatic carbocycles. The third-order valence-electron chi connectivity index (χ3n) is 4.34. The second-order valence-electron chi connectivity index (χ2n) is 5.92. The van der Waals surface area contributed by atoms with Crippen molar-refractivity contribution < 1.29 is 13.1 Å². The third-order valence-corrected chi connectivity index (χ3v) is 4.34. The van der Waals surface area contributed by atoms with Gasteiger partial charge in [0.25, 0.3) is 0 Å². The van der Waals surface area contributed by atoms with Gasteiger partial charge >= 0.3 is 0 Å². The summed E-state index contributed by atoms with van der Waals surface area (Å²) in [7, 11) is 1.86. The smallest absolute Gasteiger partial charge is 0.216 e. The topological polar surface area (TPSA) is 29.9 Å². The molecule has 0 bridgehead atoms. The molecule has 0 saturated carbocycles. The fraction of sp³-hybridized carbons (Fsp3) is 0.200. The largest absolute Gasteiger partial charge is 0.455 e. The van der Waals surface area contributed by atoms with Crippen LogP contribution in [-0.4, -0.2) is 4.98 Å². The monoisotopic (exact) mass is 306 g/mol. The zero-order valence-electron chi connectivity index (χ0n) is 16.3. The Labute approximate surface area is 139 Å². The number of benzene rings is 1. The normalized spacial score (nSPS) is 14.0. The van der Waals surface area contributed by atoms with E-state index in [0.717, 1.165) is 44.5 Å². The van der Waals surface area contributed by atoms with E-state index >= 15 is 0 Å². The van der Waals surface area contributed by atoms with E-state index in [-0.39, 0.29) is 0 Å². The van der Waals surface area contributed by atoms with Gasteiger partial charge in [-0.3, -0.25) is 4.98 Å². The van der Waals surface area contributed by atoms with Gasteiger partial charge in [-0.25, -0.2) is 4.57 Å². The van der Waals surface area contributed by atoms with Crippen molar-refractivity contribution in [2.24, 2.45) is 7.05 Å². The number of pyridine rings is 2. The molecular formula is C20H19N2O+. The van der Waals surface area contributed by atoms with Crippen LogP contribution >= 0.6 is 0 Å². The zero-order chi connectivity index (χ0) is 18.6. The first-order valence-electron chi connectivity index (χ1n) is 9.05. The molecule has 3 heterocycles. The van der Waals surface area contributed by atoms with Gasteiger partial charge in [-0.1, -0.05) is 12.1 Å². The number of aromatic nitrogens is 2. The molecule has 3 heteroatoms. The van der Waals surface area contributed by atoms with Crippen molar-refractivity contribution in [2.45, 2.75) is 20.7 Å². The highest BCUT2D eigenvalue weighted by Crippen LogP contribution is 2.37. The summed E-state index contributed by atoms with van der Waals surface area (Å²) >= 11 is 0. The van der Waals surface area contributed by atoms with E-state index in [9.17, 15) is 0 Å². The summed E-state index contributed by atoms with van der Waals surface area (Å²) in [6, 6.07) is 9.51. The fourth-order valence-electron chi connectivity index (χ4n) is 3.24. The van der Waals surface area contributed by atoms with Crippen LogP contribution in [0.2, 0.25) is 0 Å². The van der Waals surface area contributed by atoms with Crippen molar-refractivity contribution in [3.8, 4) is 11.3 Å². The highest BCUT2D eigenvalue weighted by atomic mass is 16.3. The molecule has 0 spiro atoms. The van der Waals surface area contributed by atoms with E-state index in [1.54, 1.807) is 18.5 Å². The van der Waals surface area contributed by atoms with Gasteiger partial charge in [-0.2, -0.15) is 0 Å². The molecule has 0 aliphatic heterocycles. The van der Waals surface area contributed by atoms with Gasteiger partial charge in [0.1, 0.15) is 18.2 Å². The van der Waals surface area contributed by atoms with Crippen molar-refractivity contribution in [1.82, 2.24) is 4.98 Å². The number of furan rings is 1. The minimum Gasteiger partial charge on any atom is -0.455 e. The maximum atomic E-state index is 7.61. The quantitative estimate of drug-likeness (QED) is 0.488. The molecule has 0 unspecified atom stereocenters. The third kappa shape index (κ3) is 2.04. The van der Waals surface area contributed by atoms with Crippen LogP contribution in [0.25, 0.3) is 33.2 Å². The summed E-state index contributed by atoms with van der Waals surface area (Å²) in [5.74, 6) is 0. The Morgan fingerprint density at radius 1 is 1.13 bits per heavy atom. The first-order chi connectivity index (χ1) is 12.3. The van der Waals surface area contributed by atoms with Crippen LogP contribution in [0.15, 0.2) is 47.1 Å². The van der Waals surface area contributed by atoms with Crippen molar-refractivity contribution >= 4 is 21.9 Å². The number of hydrogen-bond donors (Lipinski definition) is 0. The van der Waals surface area contributed by atoms with Crippen LogP contribution in [0, 0.1) is 20.7 Å². The van der Waals surface area contributed by atoms with Crippen LogP contribution in [0.3, 0.4) is 0 Å². The van der Waals surface area contributed by atoms with Crippen LogP contribution in [0.5, 0.6) is 0 Å². The summed E-state index contributed by atoms with van der Waals surface area (Å²) in [4.78, 5) is 4.38. The lowest BCUT2D eigenvalue weighted by Crippen LogP contribution is -2.31. The Morgan fingerprint density at radius 2 is 2.00 bits per heavy atom. The summed E-state index contributed by atoms with van der Waals surface area (Å²) in [6.07, 6.45) is 3.41. The Balaban J connectivity index is 2.04. The first kappa shape index (κ1) is 10.9. The van der Waals surface area contributed by atoms with Gasteiger partial charge < -0.3 is 4.42 Å². The van der Waals surface area contributed by atoms with Gasteiger partial charge in [0.05, 0.1) is 5.56 Å². The number of fused-ring (bicyclic) bond motifs is 3. The highest BCUT2D eigenvalue weighted by Gasteiger charge is 2.21. The maximum Gasteiger partial charge on any atom is 0.216 e. The second-order valence-corrected chi connectivity index (χ2v) is 5.92. The molecule has 114 valence electrons. The minimum absolute atomic E-state index is 0.318. The van der Waals surface area contributed by atoms with Gasteiger partial charge in [0.2, 0.25) is 5.69 Å². The predicted molar refractivity (Wildman–Crippen MR) is 92.3 cm³/mol. The van der Waals surface area contributed by atoms with E-state index in [2.05, 4.69) is 17.1 Å².